The zero-order valence-electron chi connectivity index (χ0n) is 20.4. The number of hydrogen-bond acceptors (Lipinski definition) is 8. The Bertz CT molecular complexity index is 1090. The Morgan fingerprint density at radius 1 is 0.943 bits per heavy atom. The molecular weight excluding hydrogens is 470 g/mol. The number of rotatable bonds is 4. The number of imide groups is 1. The fourth-order valence-electron chi connectivity index (χ4n) is 6.01. The molecule has 2 saturated heterocycles. The smallest absolute Gasteiger partial charge is 0.230 e. The first-order chi connectivity index (χ1) is 16.4. The van der Waals surface area contributed by atoms with Crippen molar-refractivity contribution in [2.75, 3.05) is 37.9 Å². The summed E-state index contributed by atoms with van der Waals surface area (Å²) in [7, 11) is 3.16. The number of amides is 2. The number of nitrogens with two attached hydrogens (primary N) is 1. The Kier molecular flexibility index (Phi) is 7.26. The number of carbonyl (C=O) groups excluding carboxylic acids is 2. The molecule has 190 valence electrons. The topological polar surface area (TPSA) is 111 Å². The number of benzene rings is 1. The van der Waals surface area contributed by atoms with Crippen molar-refractivity contribution in [3.63, 3.8) is 0 Å². The lowest BCUT2D eigenvalue weighted by atomic mass is 9.67. The summed E-state index contributed by atoms with van der Waals surface area (Å²) in [5.74, 6) is 2.11. The number of hydrogen-bond donors (Lipinski definition) is 1. The highest BCUT2D eigenvalue weighted by Gasteiger charge is 2.46. The minimum atomic E-state index is -0.0795. The highest BCUT2D eigenvalue weighted by molar-refractivity contribution is 5.99. The van der Waals surface area contributed by atoms with E-state index in [1.165, 1.54) is 6.42 Å². The van der Waals surface area contributed by atoms with Crippen LogP contribution in [0.2, 0.25) is 0 Å². The minimum Gasteiger partial charge on any atom is -0.493 e. The van der Waals surface area contributed by atoms with Crippen LogP contribution in [-0.2, 0) is 9.59 Å². The molecule has 3 aliphatic rings. The maximum Gasteiger partial charge on any atom is 0.230 e. The number of nitrogen functional groups attached to an aromatic ring is 1. The van der Waals surface area contributed by atoms with E-state index < -0.39 is 0 Å². The summed E-state index contributed by atoms with van der Waals surface area (Å²) >= 11 is 0. The van der Waals surface area contributed by atoms with Crippen LogP contribution < -0.4 is 20.1 Å². The molecule has 1 aliphatic carbocycles. The van der Waals surface area contributed by atoms with Gasteiger partial charge in [-0.15, -0.1) is 12.4 Å². The van der Waals surface area contributed by atoms with Gasteiger partial charge in [0, 0.05) is 43.4 Å². The number of fused-ring (bicyclic) bond motifs is 1. The molecule has 35 heavy (non-hydrogen) atoms. The van der Waals surface area contributed by atoms with Crippen LogP contribution in [0.5, 0.6) is 11.5 Å². The van der Waals surface area contributed by atoms with Crippen molar-refractivity contribution in [1.29, 1.82) is 0 Å². The summed E-state index contributed by atoms with van der Waals surface area (Å²) in [5.41, 5.74) is 6.86. The Morgan fingerprint density at radius 2 is 1.54 bits per heavy atom. The quantitative estimate of drug-likeness (QED) is 0.628. The minimum absolute atomic E-state index is 0. The van der Waals surface area contributed by atoms with Crippen molar-refractivity contribution in [1.82, 2.24) is 14.9 Å². The van der Waals surface area contributed by atoms with Gasteiger partial charge in [0.05, 0.1) is 19.7 Å². The van der Waals surface area contributed by atoms with Gasteiger partial charge in [-0.2, -0.15) is 4.98 Å². The first-order valence-electron chi connectivity index (χ1n) is 12.2. The lowest BCUT2D eigenvalue weighted by molar-refractivity contribution is -0.158. The van der Waals surface area contributed by atoms with Gasteiger partial charge in [-0.25, -0.2) is 4.98 Å². The Balaban J connectivity index is 0.00000289. The lowest BCUT2D eigenvalue weighted by Crippen LogP contribution is -2.55. The molecule has 2 aliphatic heterocycles. The molecule has 1 aromatic carbocycles. The van der Waals surface area contributed by atoms with E-state index in [1.807, 2.05) is 0 Å². The summed E-state index contributed by atoms with van der Waals surface area (Å²) in [4.78, 5) is 39.0. The molecule has 1 spiro atoms. The second-order valence-electron chi connectivity index (χ2n) is 9.92. The van der Waals surface area contributed by atoms with E-state index in [9.17, 15) is 9.59 Å². The van der Waals surface area contributed by atoms with Gasteiger partial charge < -0.3 is 20.1 Å². The average Bonchev–Trinajstić information content (AvgIpc) is 2.83. The number of likely N-dealkylation sites (tertiary alicyclic amines) is 1. The fraction of sp³-hybridized carbons (Fsp3) is 0.600. The van der Waals surface area contributed by atoms with Crippen LogP contribution in [0, 0.1) is 5.41 Å². The maximum atomic E-state index is 13.1. The molecule has 0 radical (unpaired) electrons. The zero-order valence-corrected chi connectivity index (χ0v) is 21.2. The number of methoxy groups -OCH3 is 2. The zero-order chi connectivity index (χ0) is 23.9. The van der Waals surface area contributed by atoms with E-state index in [2.05, 4.69) is 9.88 Å². The Morgan fingerprint density at radius 3 is 2.14 bits per heavy atom. The van der Waals surface area contributed by atoms with Gasteiger partial charge in [-0.1, -0.05) is 19.3 Å². The van der Waals surface area contributed by atoms with Gasteiger partial charge in [0.25, 0.3) is 0 Å². The van der Waals surface area contributed by atoms with Gasteiger partial charge >= 0.3 is 0 Å². The van der Waals surface area contributed by atoms with Crippen LogP contribution in [0.15, 0.2) is 12.1 Å². The van der Waals surface area contributed by atoms with E-state index in [-0.39, 0.29) is 35.7 Å². The normalized spacial score (nSPS) is 20.7. The average molecular weight is 504 g/mol. The SMILES string of the molecule is COc1cc2nc(N3CCC(N4C(=O)CC5(CCCCC5)CC4=O)CC3)nc(N)c2cc1OC.Cl. The van der Waals surface area contributed by atoms with Crippen molar-refractivity contribution >= 4 is 46.9 Å². The summed E-state index contributed by atoms with van der Waals surface area (Å²) in [5, 5.41) is 0.706. The van der Waals surface area contributed by atoms with Crippen LogP contribution in [0.3, 0.4) is 0 Å². The summed E-state index contributed by atoms with van der Waals surface area (Å²) < 4.78 is 10.8. The second kappa shape index (κ2) is 10.0. The van der Waals surface area contributed by atoms with Crippen LogP contribution in [0.4, 0.5) is 11.8 Å². The predicted octanol–water partition coefficient (Wildman–Crippen LogP) is 3.72. The number of anilines is 2. The van der Waals surface area contributed by atoms with Crippen LogP contribution in [-0.4, -0.2) is 60.0 Å². The molecule has 1 saturated carbocycles. The number of piperidine rings is 2. The first kappa shape index (κ1) is 25.3. The molecule has 2 N–H and O–H groups in total. The summed E-state index contributed by atoms with van der Waals surface area (Å²) in [6.45, 7) is 1.32. The molecular formula is C25H34ClN5O4. The number of aromatic nitrogens is 2. The van der Waals surface area contributed by atoms with Crippen LogP contribution in [0.25, 0.3) is 10.9 Å². The van der Waals surface area contributed by atoms with E-state index in [0.717, 1.165) is 25.7 Å². The summed E-state index contributed by atoms with van der Waals surface area (Å²) in [6, 6.07) is 3.53. The van der Waals surface area contributed by atoms with Crippen molar-refractivity contribution in [3.8, 4) is 11.5 Å². The molecule has 0 unspecified atom stereocenters. The number of carbonyl (C=O) groups is 2. The molecule has 3 heterocycles. The van der Waals surface area contributed by atoms with Crippen LogP contribution in [0.1, 0.15) is 57.8 Å². The van der Waals surface area contributed by atoms with Gasteiger partial charge in [-0.05, 0) is 37.2 Å². The van der Waals surface area contributed by atoms with Crippen molar-refractivity contribution in [2.24, 2.45) is 5.41 Å². The monoisotopic (exact) mass is 503 g/mol. The van der Waals surface area contributed by atoms with E-state index in [0.29, 0.717) is 72.9 Å². The van der Waals surface area contributed by atoms with Gasteiger partial charge in [-0.3, -0.25) is 14.5 Å². The Hall–Kier alpha value is -2.81. The number of ether oxygens (including phenoxy) is 2. The molecule has 1 aromatic heterocycles. The third-order valence-corrected chi connectivity index (χ3v) is 7.84. The summed E-state index contributed by atoms with van der Waals surface area (Å²) in [6.07, 6.45) is 7.95. The fourth-order valence-corrected chi connectivity index (χ4v) is 6.01. The number of nitrogens with zero attached hydrogens (tertiary/aromatic N) is 4. The third kappa shape index (κ3) is 4.70. The molecule has 3 fully saturated rings. The molecule has 5 rings (SSSR count). The van der Waals surface area contributed by atoms with E-state index in [1.54, 1.807) is 31.3 Å². The van der Waals surface area contributed by atoms with Crippen molar-refractivity contribution in [3.05, 3.63) is 12.1 Å². The van der Waals surface area contributed by atoms with Gasteiger partial charge in [0.2, 0.25) is 17.8 Å². The molecule has 10 heteroatoms. The standard InChI is InChI=1S/C25H33N5O4.ClH/c1-33-19-12-17-18(13-20(19)34-2)27-24(28-23(17)26)29-10-6-16(7-11-29)30-21(31)14-25(15-22(30)32)8-4-3-5-9-25;/h12-13,16H,3-11,14-15H2,1-2H3,(H2,26,27,28);1H. The molecule has 0 bridgehead atoms. The van der Waals surface area contributed by atoms with Crippen molar-refractivity contribution in [2.45, 2.75) is 63.8 Å². The molecule has 2 aromatic rings. The third-order valence-electron chi connectivity index (χ3n) is 7.84. The first-order valence-corrected chi connectivity index (χ1v) is 12.2. The number of halogens is 1. The van der Waals surface area contributed by atoms with E-state index in [4.69, 9.17) is 20.2 Å². The van der Waals surface area contributed by atoms with Gasteiger partial charge in [0.1, 0.15) is 5.82 Å². The van der Waals surface area contributed by atoms with E-state index >= 15 is 0 Å². The molecule has 9 nitrogen and oxygen atoms in total. The predicted molar refractivity (Wildman–Crippen MR) is 136 cm³/mol. The maximum absolute atomic E-state index is 13.1. The highest BCUT2D eigenvalue weighted by atomic mass is 35.5. The largest absolute Gasteiger partial charge is 0.493 e. The lowest BCUT2D eigenvalue weighted by Gasteiger charge is -2.46. The van der Waals surface area contributed by atoms with Gasteiger partial charge in [0.15, 0.2) is 11.5 Å². The van der Waals surface area contributed by atoms with Crippen LogP contribution >= 0.6 is 12.4 Å². The van der Waals surface area contributed by atoms with Crippen molar-refractivity contribution < 1.29 is 19.1 Å². The highest BCUT2D eigenvalue weighted by Crippen LogP contribution is 2.46. The second-order valence-corrected chi connectivity index (χ2v) is 9.92. The Labute approximate surface area is 211 Å². The molecule has 2 amide bonds. The molecule has 0 atom stereocenters.